The number of anilines is 1. The molecular weight excluding hydrogens is 407 g/mol. The molecule has 0 fully saturated rings. The topological polar surface area (TPSA) is 38.0 Å². The lowest BCUT2D eigenvalue weighted by Gasteiger charge is -2.36. The fourth-order valence-corrected chi connectivity index (χ4v) is 4.78. The summed E-state index contributed by atoms with van der Waals surface area (Å²) in [6, 6.07) is 9.69. The Labute approximate surface area is 200 Å². The summed E-state index contributed by atoms with van der Waals surface area (Å²) in [5.41, 5.74) is 16.2. The van der Waals surface area contributed by atoms with Crippen molar-refractivity contribution in [2.75, 3.05) is 12.4 Å². The number of allylic oxidation sites excluding steroid dienone is 6. The largest absolute Gasteiger partial charge is 0.401 e. The van der Waals surface area contributed by atoms with E-state index < -0.39 is 5.41 Å². The molecule has 3 heteroatoms. The third-order valence-electron chi connectivity index (χ3n) is 6.77. The third kappa shape index (κ3) is 5.24. The van der Waals surface area contributed by atoms with Crippen molar-refractivity contribution in [2.24, 2.45) is 5.73 Å². The second kappa shape index (κ2) is 10.9. The van der Waals surface area contributed by atoms with Crippen LogP contribution in [0.4, 0.5) is 10.1 Å². The van der Waals surface area contributed by atoms with Gasteiger partial charge in [-0.2, -0.15) is 0 Å². The van der Waals surface area contributed by atoms with Crippen LogP contribution < -0.4 is 11.1 Å². The first-order chi connectivity index (χ1) is 15.5. The van der Waals surface area contributed by atoms with Crippen molar-refractivity contribution in [1.82, 2.24) is 0 Å². The lowest BCUT2D eigenvalue weighted by molar-refractivity contribution is 0.556. The molecule has 2 nitrogen and oxygen atoms in total. The normalized spacial score (nSPS) is 14.4. The number of aryl methyl sites for hydroxylation is 2. The summed E-state index contributed by atoms with van der Waals surface area (Å²) >= 11 is 0. The highest BCUT2D eigenvalue weighted by Gasteiger charge is 2.38. The van der Waals surface area contributed by atoms with E-state index in [0.29, 0.717) is 11.3 Å². The zero-order valence-electron chi connectivity index (χ0n) is 21.9. The van der Waals surface area contributed by atoms with Gasteiger partial charge in [0.15, 0.2) is 0 Å². The molecule has 0 radical (unpaired) electrons. The average Bonchev–Trinajstić information content (AvgIpc) is 2.76. The number of benzene rings is 2. The Bertz CT molecular complexity index is 1080. The summed E-state index contributed by atoms with van der Waals surface area (Å²) in [6.07, 6.45) is 5.86. The van der Waals surface area contributed by atoms with Crippen molar-refractivity contribution in [3.05, 3.63) is 93.0 Å². The van der Waals surface area contributed by atoms with Crippen molar-refractivity contribution < 1.29 is 4.39 Å². The first kappa shape index (κ1) is 26.4. The number of hydrogen-bond donors (Lipinski definition) is 2. The molecule has 0 amide bonds. The molecule has 2 aromatic rings. The van der Waals surface area contributed by atoms with Gasteiger partial charge >= 0.3 is 0 Å². The zero-order valence-corrected chi connectivity index (χ0v) is 21.9. The van der Waals surface area contributed by atoms with Gasteiger partial charge in [0.05, 0.1) is 5.41 Å². The van der Waals surface area contributed by atoms with Crippen molar-refractivity contribution in [2.45, 2.75) is 73.6 Å². The van der Waals surface area contributed by atoms with Gasteiger partial charge in [-0.25, -0.2) is 4.39 Å². The monoisotopic (exact) mass is 448 g/mol. The molecule has 0 aliphatic heterocycles. The molecule has 1 unspecified atom stereocenters. The van der Waals surface area contributed by atoms with Crippen LogP contribution in [0.3, 0.4) is 0 Å². The van der Waals surface area contributed by atoms with Crippen LogP contribution in [0.25, 0.3) is 5.57 Å². The van der Waals surface area contributed by atoms with E-state index in [4.69, 9.17) is 5.73 Å². The molecule has 0 aromatic heterocycles. The van der Waals surface area contributed by atoms with Gasteiger partial charge in [-0.1, -0.05) is 43.2 Å². The lowest BCUT2D eigenvalue weighted by Crippen LogP contribution is -2.34. The Morgan fingerprint density at radius 2 is 1.70 bits per heavy atom. The Hall–Kier alpha value is -2.81. The quantitative estimate of drug-likeness (QED) is 0.399. The molecule has 0 aliphatic rings. The van der Waals surface area contributed by atoms with Crippen LogP contribution in [0.15, 0.2) is 59.3 Å². The maximum absolute atomic E-state index is 15.5. The number of nitrogens with two attached hydrogens (primary N) is 1. The molecule has 0 aliphatic carbocycles. The highest BCUT2D eigenvalue weighted by atomic mass is 19.1. The van der Waals surface area contributed by atoms with E-state index in [2.05, 4.69) is 45.1 Å². The lowest BCUT2D eigenvalue weighted by atomic mass is 9.70. The second-order valence-corrected chi connectivity index (χ2v) is 9.35. The summed E-state index contributed by atoms with van der Waals surface area (Å²) < 4.78 is 15.5. The Morgan fingerprint density at radius 3 is 2.21 bits per heavy atom. The standard InChI is InChI=1S/C30H41FN2/c1-10-20(5)24(11-2)23-17-22(7)29(33-9)25(18-23)30(8,27(32)16-15-19(3)4)28-21(6)13-12-14-26(28)31/h12-18,33H,10-11,32H2,1-9H3/b24-20+,27-16-. The van der Waals surface area contributed by atoms with E-state index in [1.54, 1.807) is 6.07 Å². The zero-order chi connectivity index (χ0) is 24.9. The highest BCUT2D eigenvalue weighted by Crippen LogP contribution is 2.45. The van der Waals surface area contributed by atoms with Crippen LogP contribution in [0.5, 0.6) is 0 Å². The van der Waals surface area contributed by atoms with Gasteiger partial charge in [0.2, 0.25) is 0 Å². The van der Waals surface area contributed by atoms with E-state index in [9.17, 15) is 0 Å². The molecule has 0 heterocycles. The van der Waals surface area contributed by atoms with Crippen LogP contribution in [0.1, 0.15) is 82.2 Å². The molecule has 3 N–H and O–H groups in total. The smallest absolute Gasteiger partial charge is 0.127 e. The summed E-state index contributed by atoms with van der Waals surface area (Å²) in [5, 5.41) is 3.39. The van der Waals surface area contributed by atoms with E-state index in [0.717, 1.165) is 40.8 Å². The fourth-order valence-electron chi connectivity index (χ4n) is 4.78. The van der Waals surface area contributed by atoms with Crippen LogP contribution in [0, 0.1) is 19.7 Å². The Balaban J connectivity index is 3.07. The second-order valence-electron chi connectivity index (χ2n) is 9.35. The van der Waals surface area contributed by atoms with Crippen LogP contribution in [-0.2, 0) is 5.41 Å². The summed E-state index contributed by atoms with van der Waals surface area (Å²) in [7, 11) is 1.92. The molecular formula is C30H41FN2. The van der Waals surface area contributed by atoms with Crippen molar-refractivity contribution in [1.29, 1.82) is 0 Å². The minimum atomic E-state index is -0.862. The average molecular weight is 449 g/mol. The first-order valence-electron chi connectivity index (χ1n) is 11.9. The summed E-state index contributed by atoms with van der Waals surface area (Å²) in [5.74, 6) is -0.243. The van der Waals surface area contributed by atoms with Crippen LogP contribution >= 0.6 is 0 Å². The van der Waals surface area contributed by atoms with Gasteiger partial charge in [0.1, 0.15) is 5.82 Å². The SMILES string of the molecule is CC/C(C)=C(\CC)c1cc(C)c(NC)c(C(C)(/C(N)=C/C=C(C)C)c2c(C)cccc2F)c1. The van der Waals surface area contributed by atoms with Crippen molar-refractivity contribution in [3.8, 4) is 0 Å². The molecule has 0 saturated heterocycles. The number of hydrogen-bond acceptors (Lipinski definition) is 2. The molecule has 178 valence electrons. The van der Waals surface area contributed by atoms with Crippen LogP contribution in [0.2, 0.25) is 0 Å². The van der Waals surface area contributed by atoms with Crippen molar-refractivity contribution in [3.63, 3.8) is 0 Å². The summed E-state index contributed by atoms with van der Waals surface area (Å²) in [6.45, 7) is 16.8. The van der Waals surface area contributed by atoms with Gasteiger partial charge < -0.3 is 11.1 Å². The molecule has 0 spiro atoms. The van der Waals surface area contributed by atoms with Crippen molar-refractivity contribution >= 4 is 11.3 Å². The maximum atomic E-state index is 15.5. The van der Waals surface area contributed by atoms with E-state index in [1.165, 1.54) is 22.8 Å². The van der Waals surface area contributed by atoms with Crippen LogP contribution in [-0.4, -0.2) is 7.05 Å². The first-order valence-corrected chi connectivity index (χ1v) is 11.9. The molecule has 1 atom stereocenters. The van der Waals surface area contributed by atoms with E-state index >= 15 is 4.39 Å². The van der Waals surface area contributed by atoms with Gasteiger partial charge in [0, 0.05) is 24.0 Å². The fraction of sp³-hybridized carbons (Fsp3) is 0.400. The third-order valence-corrected chi connectivity index (χ3v) is 6.77. The summed E-state index contributed by atoms with van der Waals surface area (Å²) in [4.78, 5) is 0. The predicted molar refractivity (Wildman–Crippen MR) is 143 cm³/mol. The maximum Gasteiger partial charge on any atom is 0.127 e. The molecule has 2 aromatic carbocycles. The minimum Gasteiger partial charge on any atom is -0.401 e. The van der Waals surface area contributed by atoms with Gasteiger partial charge in [0.25, 0.3) is 0 Å². The molecule has 2 rings (SSSR count). The number of rotatable bonds is 8. The number of halogens is 1. The Kier molecular flexibility index (Phi) is 8.71. The molecule has 0 bridgehead atoms. The highest BCUT2D eigenvalue weighted by molar-refractivity contribution is 5.75. The van der Waals surface area contributed by atoms with Gasteiger partial charge in [-0.15, -0.1) is 0 Å². The molecule has 33 heavy (non-hydrogen) atoms. The van der Waals surface area contributed by atoms with E-state index in [-0.39, 0.29) is 5.82 Å². The van der Waals surface area contributed by atoms with Gasteiger partial charge in [-0.3, -0.25) is 0 Å². The van der Waals surface area contributed by atoms with E-state index in [1.807, 2.05) is 53.0 Å². The minimum absolute atomic E-state index is 0.243. The predicted octanol–water partition coefficient (Wildman–Crippen LogP) is 8.19. The Morgan fingerprint density at radius 1 is 1.03 bits per heavy atom. The molecule has 0 saturated carbocycles. The van der Waals surface area contributed by atoms with Gasteiger partial charge in [-0.05, 0) is 106 Å². The number of nitrogens with one attached hydrogen (secondary N) is 1.